The first-order chi connectivity index (χ1) is 20.9. The van der Waals surface area contributed by atoms with E-state index >= 15 is 0 Å². The summed E-state index contributed by atoms with van der Waals surface area (Å²) in [5.41, 5.74) is 8.46. The molecule has 0 radical (unpaired) electrons. The molecule has 2 aliphatic rings. The molecule has 4 aromatic heterocycles. The van der Waals surface area contributed by atoms with Crippen molar-refractivity contribution in [1.82, 2.24) is 29.3 Å². The zero-order valence-corrected chi connectivity index (χ0v) is 25.4. The molecule has 7 rings (SSSR count). The van der Waals surface area contributed by atoms with E-state index in [1.165, 1.54) is 53.7 Å². The van der Waals surface area contributed by atoms with Gasteiger partial charge in [0.05, 0.1) is 11.9 Å². The van der Waals surface area contributed by atoms with Crippen LogP contribution in [0.15, 0.2) is 72.8 Å². The fraction of sp³-hybridized carbons (Fsp3) is 0.353. The van der Waals surface area contributed by atoms with Gasteiger partial charge in [0, 0.05) is 72.9 Å². The SMILES string of the molecule is CC1CCC(C2=C(c3cc(-c4ccc(-c5cc6ncccn6n5)cc4)sc3C(=O)O)CN(Cc3cnn(C)c3)CC2)CC1. The first-order valence-corrected chi connectivity index (χ1v) is 15.9. The molecule has 0 saturated heterocycles. The van der Waals surface area contributed by atoms with E-state index in [0.717, 1.165) is 64.9 Å². The van der Waals surface area contributed by atoms with Gasteiger partial charge in [-0.05, 0) is 54.4 Å². The van der Waals surface area contributed by atoms with Crippen LogP contribution in [0, 0.1) is 11.8 Å². The summed E-state index contributed by atoms with van der Waals surface area (Å²) >= 11 is 1.38. The normalized spacial score (nSPS) is 19.8. The van der Waals surface area contributed by atoms with Crippen LogP contribution in [0.2, 0.25) is 0 Å². The van der Waals surface area contributed by atoms with E-state index in [0.29, 0.717) is 10.8 Å². The number of nitrogens with zero attached hydrogens (tertiary/aromatic N) is 6. The summed E-state index contributed by atoms with van der Waals surface area (Å²) in [5, 5.41) is 19.4. The topological polar surface area (TPSA) is 88.6 Å². The van der Waals surface area contributed by atoms with Crippen molar-refractivity contribution >= 4 is 28.5 Å². The lowest BCUT2D eigenvalue weighted by Crippen LogP contribution is -2.33. The highest BCUT2D eigenvalue weighted by Crippen LogP contribution is 2.44. The van der Waals surface area contributed by atoms with Gasteiger partial charge in [-0.25, -0.2) is 14.3 Å². The molecule has 0 amide bonds. The minimum atomic E-state index is -0.853. The van der Waals surface area contributed by atoms with E-state index in [4.69, 9.17) is 0 Å². The number of rotatable bonds is 7. The second-order valence-corrected chi connectivity index (χ2v) is 13.2. The second kappa shape index (κ2) is 11.5. The number of aromatic carboxylic acids is 1. The van der Waals surface area contributed by atoms with Gasteiger partial charge >= 0.3 is 5.97 Å². The van der Waals surface area contributed by atoms with Crippen LogP contribution in [0.3, 0.4) is 0 Å². The fourth-order valence-electron chi connectivity index (χ4n) is 6.79. The van der Waals surface area contributed by atoms with Gasteiger partial charge in [0.1, 0.15) is 4.88 Å². The lowest BCUT2D eigenvalue weighted by Gasteiger charge is -2.36. The van der Waals surface area contributed by atoms with E-state index in [2.05, 4.69) is 63.5 Å². The van der Waals surface area contributed by atoms with Crippen LogP contribution in [-0.2, 0) is 13.6 Å². The third-order valence-electron chi connectivity index (χ3n) is 9.09. The molecular formula is C34H36N6O2S. The van der Waals surface area contributed by atoms with Crippen molar-refractivity contribution in [2.24, 2.45) is 18.9 Å². The highest BCUT2D eigenvalue weighted by Gasteiger charge is 2.31. The van der Waals surface area contributed by atoms with Gasteiger partial charge in [0.15, 0.2) is 5.65 Å². The highest BCUT2D eigenvalue weighted by molar-refractivity contribution is 7.17. The Morgan fingerprint density at radius 1 is 1.09 bits per heavy atom. The molecule has 0 spiro atoms. The molecule has 9 heteroatoms. The van der Waals surface area contributed by atoms with Gasteiger partial charge < -0.3 is 5.11 Å². The molecule has 1 N–H and O–H groups in total. The van der Waals surface area contributed by atoms with Crippen molar-refractivity contribution in [3.8, 4) is 21.7 Å². The van der Waals surface area contributed by atoms with Crippen LogP contribution in [0.4, 0.5) is 0 Å². The molecule has 0 atom stereocenters. The summed E-state index contributed by atoms with van der Waals surface area (Å²) in [6, 6.07) is 14.2. The highest BCUT2D eigenvalue weighted by atomic mass is 32.1. The summed E-state index contributed by atoms with van der Waals surface area (Å²) < 4.78 is 3.61. The molecule has 1 fully saturated rings. The van der Waals surface area contributed by atoms with Gasteiger partial charge in [-0.3, -0.25) is 9.58 Å². The monoisotopic (exact) mass is 592 g/mol. The number of carbonyl (C=O) groups is 1. The van der Waals surface area contributed by atoms with Gasteiger partial charge in [0.25, 0.3) is 0 Å². The van der Waals surface area contributed by atoms with E-state index in [9.17, 15) is 9.90 Å². The van der Waals surface area contributed by atoms with Gasteiger partial charge in [-0.1, -0.05) is 49.6 Å². The molecule has 1 aromatic carbocycles. The van der Waals surface area contributed by atoms with Gasteiger partial charge in [0.2, 0.25) is 0 Å². The Kier molecular flexibility index (Phi) is 7.44. The lowest BCUT2D eigenvalue weighted by molar-refractivity contribution is 0.0701. The summed E-state index contributed by atoms with van der Waals surface area (Å²) in [6.45, 7) is 4.91. The van der Waals surface area contributed by atoms with E-state index in [1.807, 2.05) is 36.3 Å². The first kappa shape index (κ1) is 27.7. The summed E-state index contributed by atoms with van der Waals surface area (Å²) in [6.07, 6.45) is 13.5. The third kappa shape index (κ3) is 5.67. The quantitative estimate of drug-likeness (QED) is 0.218. The number of aromatic nitrogens is 5. The van der Waals surface area contributed by atoms with Crippen molar-refractivity contribution < 1.29 is 9.90 Å². The molecule has 220 valence electrons. The van der Waals surface area contributed by atoms with Crippen LogP contribution >= 0.6 is 11.3 Å². The maximum Gasteiger partial charge on any atom is 0.346 e. The molecule has 8 nitrogen and oxygen atoms in total. The van der Waals surface area contributed by atoms with E-state index < -0.39 is 5.97 Å². The molecule has 0 unspecified atom stereocenters. The van der Waals surface area contributed by atoms with Crippen LogP contribution < -0.4 is 0 Å². The van der Waals surface area contributed by atoms with Gasteiger partial charge in [-0.15, -0.1) is 11.3 Å². The van der Waals surface area contributed by atoms with Crippen LogP contribution in [-0.4, -0.2) is 53.4 Å². The standard InChI is InChI=1S/C34H36N6O2S/c1-22-4-6-24(7-5-22)27-12-15-39(20-23-18-36-38(2)19-23)21-29(27)28-16-31(43-33(28)34(41)42)26-10-8-25(9-11-26)30-17-32-35-13-3-14-40(32)37-30/h3,8-11,13-14,16-19,22,24H,4-7,12,15,20-21H2,1-2H3,(H,41,42). The molecule has 1 aliphatic heterocycles. The average molecular weight is 593 g/mol. The average Bonchev–Trinajstić information content (AvgIpc) is 3.76. The molecule has 43 heavy (non-hydrogen) atoms. The van der Waals surface area contributed by atoms with Crippen LogP contribution in [0.1, 0.15) is 59.8 Å². The predicted molar refractivity (Wildman–Crippen MR) is 170 cm³/mol. The number of fused-ring (bicyclic) bond motifs is 1. The molecule has 5 aromatic rings. The smallest absolute Gasteiger partial charge is 0.346 e. The summed E-state index contributed by atoms with van der Waals surface area (Å²) in [7, 11) is 1.94. The maximum atomic E-state index is 12.7. The number of aryl methyl sites for hydroxylation is 1. The van der Waals surface area contributed by atoms with Crippen LogP contribution in [0.25, 0.3) is 32.9 Å². The largest absolute Gasteiger partial charge is 0.477 e. The number of hydrogen-bond acceptors (Lipinski definition) is 6. The first-order valence-electron chi connectivity index (χ1n) is 15.1. The van der Waals surface area contributed by atoms with Crippen molar-refractivity contribution in [2.45, 2.75) is 45.6 Å². The Bertz CT molecular complexity index is 1770. The molecule has 1 saturated carbocycles. The number of benzene rings is 1. The van der Waals surface area contributed by atoms with E-state index in [1.54, 1.807) is 10.7 Å². The Morgan fingerprint density at radius 3 is 2.60 bits per heavy atom. The summed E-state index contributed by atoms with van der Waals surface area (Å²) in [4.78, 5) is 20.9. The Balaban J connectivity index is 1.23. The Hall–Kier alpha value is -4.08. The predicted octanol–water partition coefficient (Wildman–Crippen LogP) is 7.04. The minimum absolute atomic E-state index is 0.436. The minimum Gasteiger partial charge on any atom is -0.477 e. The number of carboxylic acid groups (broad SMARTS) is 1. The van der Waals surface area contributed by atoms with Gasteiger partial charge in [-0.2, -0.15) is 10.2 Å². The maximum absolute atomic E-state index is 12.7. The zero-order valence-electron chi connectivity index (χ0n) is 24.6. The van der Waals surface area contributed by atoms with E-state index in [-0.39, 0.29) is 0 Å². The number of hydrogen-bond donors (Lipinski definition) is 1. The lowest BCUT2D eigenvalue weighted by atomic mass is 9.75. The summed E-state index contributed by atoms with van der Waals surface area (Å²) in [5.74, 6) is 0.456. The van der Waals surface area contributed by atoms with Crippen LogP contribution in [0.5, 0.6) is 0 Å². The Labute approximate surface area is 255 Å². The third-order valence-corrected chi connectivity index (χ3v) is 10.3. The van der Waals surface area contributed by atoms with Crippen molar-refractivity contribution in [3.63, 3.8) is 0 Å². The number of thiophene rings is 1. The number of carboxylic acids is 1. The fourth-order valence-corrected chi connectivity index (χ4v) is 7.82. The second-order valence-electron chi connectivity index (χ2n) is 12.1. The molecule has 5 heterocycles. The van der Waals surface area contributed by atoms with Crippen molar-refractivity contribution in [3.05, 3.63) is 88.8 Å². The Morgan fingerprint density at radius 2 is 1.88 bits per heavy atom. The molecule has 1 aliphatic carbocycles. The zero-order chi connectivity index (χ0) is 29.5. The van der Waals surface area contributed by atoms with Crippen molar-refractivity contribution in [1.29, 1.82) is 0 Å². The van der Waals surface area contributed by atoms with Crippen molar-refractivity contribution in [2.75, 3.05) is 13.1 Å². The molecular weight excluding hydrogens is 556 g/mol. The molecule has 0 bridgehead atoms.